The molecule has 1 nitrogen and oxygen atoms in total. The molecule has 88 valence electrons. The van der Waals surface area contributed by atoms with Gasteiger partial charge in [-0.15, -0.1) is 12.6 Å². The minimum atomic E-state index is 0.859. The Morgan fingerprint density at radius 2 is 1.76 bits per heavy atom. The van der Waals surface area contributed by atoms with E-state index in [9.17, 15) is 0 Å². The number of hydrogen-bond donors (Lipinski definition) is 2. The van der Waals surface area contributed by atoms with Crippen LogP contribution in [0.2, 0.25) is 0 Å². The molecule has 2 rings (SSSR count). The summed E-state index contributed by atoms with van der Waals surface area (Å²) in [6.07, 6.45) is 0. The van der Waals surface area contributed by atoms with Crippen LogP contribution in [0.25, 0.3) is 0 Å². The van der Waals surface area contributed by atoms with Gasteiger partial charge in [0.25, 0.3) is 0 Å². The van der Waals surface area contributed by atoms with Crippen molar-refractivity contribution in [3.8, 4) is 0 Å². The van der Waals surface area contributed by atoms with E-state index < -0.39 is 0 Å². The number of nitrogens with one attached hydrogen (secondary N) is 1. The number of thiol groups is 1. The van der Waals surface area contributed by atoms with Crippen molar-refractivity contribution in [1.29, 1.82) is 0 Å². The molecule has 0 aromatic heterocycles. The lowest BCUT2D eigenvalue weighted by molar-refractivity contribution is 1.11. The molecule has 0 radical (unpaired) electrons. The van der Waals surface area contributed by atoms with E-state index in [1.165, 1.54) is 16.7 Å². The summed E-state index contributed by atoms with van der Waals surface area (Å²) in [6, 6.07) is 14.7. The standard InChI is InChI=1S/C15H17NS/c1-11-5-3-4-6-13(11)10-16-14-7-8-15(17)12(2)9-14/h3-9,16-17H,10H2,1-2H3. The van der Waals surface area contributed by atoms with Crippen LogP contribution in [0.1, 0.15) is 16.7 Å². The first-order valence-corrected chi connectivity index (χ1v) is 6.19. The molecule has 0 heterocycles. The minimum Gasteiger partial charge on any atom is -0.381 e. The summed E-state index contributed by atoms with van der Waals surface area (Å²) in [7, 11) is 0. The SMILES string of the molecule is Cc1cc(NCc2ccccc2C)ccc1S. The molecule has 0 spiro atoms. The van der Waals surface area contributed by atoms with Crippen LogP contribution in [0.4, 0.5) is 5.69 Å². The van der Waals surface area contributed by atoms with Crippen LogP contribution in [0.15, 0.2) is 47.4 Å². The Morgan fingerprint density at radius 3 is 2.47 bits per heavy atom. The fraction of sp³-hybridized carbons (Fsp3) is 0.200. The normalized spacial score (nSPS) is 10.3. The fourth-order valence-corrected chi connectivity index (χ4v) is 1.91. The molecular formula is C15H17NS. The molecule has 0 aliphatic rings. The van der Waals surface area contributed by atoms with Gasteiger partial charge in [-0.25, -0.2) is 0 Å². The Kier molecular flexibility index (Phi) is 3.75. The largest absolute Gasteiger partial charge is 0.381 e. The van der Waals surface area contributed by atoms with Crippen molar-refractivity contribution in [2.45, 2.75) is 25.3 Å². The van der Waals surface area contributed by atoms with Crippen molar-refractivity contribution in [2.24, 2.45) is 0 Å². The first-order chi connectivity index (χ1) is 8.16. The number of rotatable bonds is 3. The van der Waals surface area contributed by atoms with Gasteiger partial charge in [0.2, 0.25) is 0 Å². The molecule has 17 heavy (non-hydrogen) atoms. The second-order valence-corrected chi connectivity index (χ2v) is 4.76. The second kappa shape index (κ2) is 5.28. The van der Waals surface area contributed by atoms with Crippen LogP contribution in [0, 0.1) is 13.8 Å². The first-order valence-electron chi connectivity index (χ1n) is 5.75. The van der Waals surface area contributed by atoms with Crippen LogP contribution in [0.3, 0.4) is 0 Å². The summed E-state index contributed by atoms with van der Waals surface area (Å²) in [6.45, 7) is 5.07. The fourth-order valence-electron chi connectivity index (χ4n) is 1.77. The number of hydrogen-bond acceptors (Lipinski definition) is 2. The maximum absolute atomic E-state index is 4.37. The summed E-state index contributed by atoms with van der Waals surface area (Å²) < 4.78 is 0. The predicted molar refractivity (Wildman–Crippen MR) is 76.9 cm³/mol. The highest BCUT2D eigenvalue weighted by molar-refractivity contribution is 7.80. The van der Waals surface area contributed by atoms with E-state index in [4.69, 9.17) is 0 Å². The van der Waals surface area contributed by atoms with Crippen molar-refractivity contribution < 1.29 is 0 Å². The molecule has 0 fully saturated rings. The van der Waals surface area contributed by atoms with Crippen molar-refractivity contribution in [3.63, 3.8) is 0 Å². The molecule has 2 aromatic carbocycles. The van der Waals surface area contributed by atoms with E-state index in [1.807, 2.05) is 6.07 Å². The monoisotopic (exact) mass is 243 g/mol. The van der Waals surface area contributed by atoms with E-state index in [0.29, 0.717) is 0 Å². The molecule has 0 atom stereocenters. The zero-order chi connectivity index (χ0) is 12.3. The predicted octanol–water partition coefficient (Wildman–Crippen LogP) is 4.20. The average Bonchev–Trinajstić information content (AvgIpc) is 2.32. The van der Waals surface area contributed by atoms with Gasteiger partial charge in [0.05, 0.1) is 0 Å². The van der Waals surface area contributed by atoms with Crippen molar-refractivity contribution >= 4 is 18.3 Å². The maximum atomic E-state index is 4.37. The summed E-state index contributed by atoms with van der Waals surface area (Å²) in [5.41, 5.74) is 4.99. The van der Waals surface area contributed by atoms with E-state index in [2.05, 4.69) is 68.2 Å². The summed E-state index contributed by atoms with van der Waals surface area (Å²) in [5, 5.41) is 3.44. The highest BCUT2D eigenvalue weighted by Gasteiger charge is 1.99. The van der Waals surface area contributed by atoms with E-state index >= 15 is 0 Å². The van der Waals surface area contributed by atoms with E-state index in [-0.39, 0.29) is 0 Å². The van der Waals surface area contributed by atoms with Gasteiger partial charge in [0.1, 0.15) is 0 Å². The van der Waals surface area contributed by atoms with Crippen LogP contribution < -0.4 is 5.32 Å². The molecule has 0 saturated heterocycles. The van der Waals surface area contributed by atoms with Crippen LogP contribution in [-0.2, 0) is 6.54 Å². The van der Waals surface area contributed by atoms with Crippen molar-refractivity contribution in [1.82, 2.24) is 0 Å². The van der Waals surface area contributed by atoms with Crippen molar-refractivity contribution in [2.75, 3.05) is 5.32 Å². The Hall–Kier alpha value is -1.41. The van der Waals surface area contributed by atoms with E-state index in [1.54, 1.807) is 0 Å². The number of anilines is 1. The Balaban J connectivity index is 2.08. The molecule has 0 saturated carbocycles. The third-order valence-corrected chi connectivity index (χ3v) is 3.44. The van der Waals surface area contributed by atoms with Gasteiger partial charge in [-0.3, -0.25) is 0 Å². The Morgan fingerprint density at radius 1 is 1.00 bits per heavy atom. The van der Waals surface area contributed by atoms with Gasteiger partial charge >= 0.3 is 0 Å². The first kappa shape index (κ1) is 12.1. The smallest absolute Gasteiger partial charge is 0.0403 e. The van der Waals surface area contributed by atoms with Gasteiger partial charge in [-0.05, 0) is 48.7 Å². The highest BCUT2D eigenvalue weighted by Crippen LogP contribution is 2.19. The lowest BCUT2D eigenvalue weighted by atomic mass is 10.1. The van der Waals surface area contributed by atoms with E-state index in [0.717, 1.165) is 17.1 Å². The quantitative estimate of drug-likeness (QED) is 0.770. The summed E-state index contributed by atoms with van der Waals surface area (Å²) in [5.74, 6) is 0. The molecule has 0 unspecified atom stereocenters. The van der Waals surface area contributed by atoms with Gasteiger partial charge in [-0.2, -0.15) is 0 Å². The second-order valence-electron chi connectivity index (χ2n) is 4.28. The molecule has 0 amide bonds. The molecular weight excluding hydrogens is 226 g/mol. The van der Waals surface area contributed by atoms with Gasteiger partial charge < -0.3 is 5.32 Å². The molecule has 2 aromatic rings. The van der Waals surface area contributed by atoms with Crippen LogP contribution in [-0.4, -0.2) is 0 Å². The zero-order valence-electron chi connectivity index (χ0n) is 10.2. The van der Waals surface area contributed by atoms with Crippen LogP contribution >= 0.6 is 12.6 Å². The topological polar surface area (TPSA) is 12.0 Å². The Labute approximate surface area is 108 Å². The summed E-state index contributed by atoms with van der Waals surface area (Å²) in [4.78, 5) is 1.03. The number of aryl methyl sites for hydroxylation is 2. The third-order valence-electron chi connectivity index (χ3n) is 2.94. The van der Waals surface area contributed by atoms with Gasteiger partial charge in [0.15, 0.2) is 0 Å². The van der Waals surface area contributed by atoms with Gasteiger partial charge in [-0.1, -0.05) is 24.3 Å². The zero-order valence-corrected chi connectivity index (χ0v) is 11.1. The highest BCUT2D eigenvalue weighted by atomic mass is 32.1. The summed E-state index contributed by atoms with van der Waals surface area (Å²) >= 11 is 4.37. The lowest BCUT2D eigenvalue weighted by Gasteiger charge is -2.10. The maximum Gasteiger partial charge on any atom is 0.0403 e. The van der Waals surface area contributed by atoms with Gasteiger partial charge in [0, 0.05) is 17.1 Å². The number of benzene rings is 2. The molecule has 1 N–H and O–H groups in total. The van der Waals surface area contributed by atoms with Crippen molar-refractivity contribution in [3.05, 3.63) is 59.2 Å². The Bertz CT molecular complexity index is 520. The average molecular weight is 243 g/mol. The van der Waals surface area contributed by atoms with Crippen LogP contribution in [0.5, 0.6) is 0 Å². The molecule has 0 aliphatic heterocycles. The molecule has 0 bridgehead atoms. The minimum absolute atomic E-state index is 0.859. The molecule has 2 heteroatoms. The third kappa shape index (κ3) is 3.04. The molecule has 0 aliphatic carbocycles. The lowest BCUT2D eigenvalue weighted by Crippen LogP contribution is -2.01.